The van der Waals surface area contributed by atoms with E-state index >= 15 is 0 Å². The van der Waals surface area contributed by atoms with E-state index in [4.69, 9.17) is 30.5 Å². The van der Waals surface area contributed by atoms with Crippen LogP contribution in [-0.2, 0) is 43.1 Å². The first-order valence-corrected chi connectivity index (χ1v) is 33.3. The van der Waals surface area contributed by atoms with Gasteiger partial charge in [0.25, 0.3) is 0 Å². The molecule has 6 unspecified atom stereocenters. The second-order valence-corrected chi connectivity index (χ2v) is 25.8. The van der Waals surface area contributed by atoms with Crippen LogP contribution < -0.4 is 9.47 Å². The number of aromatic hydroxyl groups is 1. The number of fused-ring (bicyclic) bond motifs is 3. The maximum Gasteiger partial charge on any atom is 0.306 e. The minimum Gasteiger partial charge on any atom is -0.508 e. The van der Waals surface area contributed by atoms with Crippen LogP contribution in [0.4, 0.5) is 13.2 Å². The SMILES string of the molecule is C.CCOC(=O)CC(c1ccc(F)cc1)c1ccc(OC2CCc3cc(Br)ccc32)cc1.CCOC(=O)CC(c1ccc(O)cc1)c1ccc(F)cc1.ClC1CCc2cc(Br)ccc21.O=C(O)CC(c1ccc(F)cc1)c1ccc(OC2CCc3cc(Br)ccc32)cc1. The molecule has 0 fully saturated rings. The molecule has 9 aromatic rings. The molecule has 0 aromatic heterocycles. The number of carbonyl (C=O) groups is 3. The molecular formula is C77H73Br3ClF3O9. The fourth-order valence-corrected chi connectivity index (χ4v) is 13.3. The maximum absolute atomic E-state index is 13.4. The van der Waals surface area contributed by atoms with E-state index in [2.05, 4.69) is 90.3 Å². The van der Waals surface area contributed by atoms with Crippen molar-refractivity contribution in [3.8, 4) is 17.2 Å². The molecule has 3 aliphatic carbocycles. The second kappa shape index (κ2) is 34.5. The molecule has 12 rings (SSSR count). The summed E-state index contributed by atoms with van der Waals surface area (Å²) in [7, 11) is 0. The van der Waals surface area contributed by atoms with Crippen molar-refractivity contribution in [2.24, 2.45) is 0 Å². The highest BCUT2D eigenvalue weighted by molar-refractivity contribution is 9.11. The Labute approximate surface area is 572 Å². The largest absolute Gasteiger partial charge is 0.508 e. The quantitative estimate of drug-likeness (QED) is 0.0637. The normalized spacial score (nSPS) is 15.6. The number of alkyl halides is 1. The van der Waals surface area contributed by atoms with Gasteiger partial charge >= 0.3 is 17.9 Å². The van der Waals surface area contributed by atoms with E-state index in [1.807, 2.05) is 60.7 Å². The zero-order valence-corrected chi connectivity index (χ0v) is 56.2. The Bertz CT molecular complexity index is 3870. The fourth-order valence-electron chi connectivity index (χ4n) is 11.8. The van der Waals surface area contributed by atoms with Crippen LogP contribution in [0.25, 0.3) is 0 Å². The van der Waals surface area contributed by atoms with Crippen molar-refractivity contribution in [1.29, 1.82) is 0 Å². The van der Waals surface area contributed by atoms with Gasteiger partial charge in [-0.05, 0) is 228 Å². The molecule has 0 amide bonds. The molecule has 16 heteroatoms. The average Bonchev–Trinajstić information content (AvgIpc) is 2.80. The minimum absolute atomic E-state index is 0. The van der Waals surface area contributed by atoms with E-state index in [-0.39, 0.29) is 97.2 Å². The number of carboxylic acids is 1. The van der Waals surface area contributed by atoms with Crippen molar-refractivity contribution in [3.05, 3.63) is 298 Å². The number of carboxylic acid groups (broad SMARTS) is 1. The van der Waals surface area contributed by atoms with Gasteiger partial charge in [0, 0.05) is 31.2 Å². The van der Waals surface area contributed by atoms with Gasteiger partial charge in [0.05, 0.1) is 37.9 Å². The maximum atomic E-state index is 13.4. The third-order valence-corrected chi connectivity index (χ3v) is 18.3. The standard InChI is InChI=1S/C26H24BrFO3.C24H20BrFO3.C17H17FO3.C9H8BrCl.CH4/c1-2-30-26(29)16-24(17-3-9-21(28)10-4-17)18-5-11-22(12-6-18)31-25-14-7-19-15-20(27)8-13-23(19)25;25-18-6-11-21-17(13-18)5-12-23(21)29-20-9-3-16(4-10-20)22(14-24(27)28)15-1-7-19(26)8-2-15;1-2-21-17(20)11-16(12-3-7-14(18)8-4-12)13-5-9-15(19)10-6-13;10-7-2-3-8-6(5-7)1-4-9(8)11;/h3-6,8-13,15,24-25H,2,7,14,16H2,1H3;1-4,6-11,13,22-23H,5,12,14H2,(H,27,28);3-10,16,19H,2,11H2,1H3;2-3,5,9H,1,4H2;1H4. The van der Waals surface area contributed by atoms with Gasteiger partial charge in [0.2, 0.25) is 0 Å². The summed E-state index contributed by atoms with van der Waals surface area (Å²) in [4.78, 5) is 35.3. The number of aliphatic carboxylic acids is 1. The van der Waals surface area contributed by atoms with Crippen LogP contribution in [0.3, 0.4) is 0 Å². The van der Waals surface area contributed by atoms with Crippen molar-refractivity contribution in [3.63, 3.8) is 0 Å². The summed E-state index contributed by atoms with van der Waals surface area (Å²) in [6.07, 6.45) is 6.48. The summed E-state index contributed by atoms with van der Waals surface area (Å²) in [6.45, 7) is 4.20. The molecule has 0 saturated carbocycles. The Morgan fingerprint density at radius 2 is 0.753 bits per heavy atom. The molecule has 0 radical (unpaired) electrons. The third kappa shape index (κ3) is 20.2. The molecule has 3 aliphatic rings. The highest BCUT2D eigenvalue weighted by Gasteiger charge is 2.28. The van der Waals surface area contributed by atoms with Gasteiger partial charge in [0.1, 0.15) is 46.9 Å². The van der Waals surface area contributed by atoms with Crippen LogP contribution in [0.5, 0.6) is 17.2 Å². The van der Waals surface area contributed by atoms with E-state index in [0.717, 1.165) is 96.8 Å². The van der Waals surface area contributed by atoms with Crippen LogP contribution in [0.15, 0.2) is 214 Å². The van der Waals surface area contributed by atoms with Gasteiger partial charge in [-0.3, -0.25) is 14.4 Å². The summed E-state index contributed by atoms with van der Waals surface area (Å²) in [5, 5.41) is 18.9. The topological polar surface area (TPSA) is 129 Å². The van der Waals surface area contributed by atoms with Gasteiger partial charge in [0.15, 0.2) is 0 Å². The van der Waals surface area contributed by atoms with Crippen LogP contribution >= 0.6 is 59.4 Å². The van der Waals surface area contributed by atoms with Crippen molar-refractivity contribution >= 4 is 77.3 Å². The Kier molecular flexibility index (Phi) is 26.4. The van der Waals surface area contributed by atoms with Crippen LogP contribution in [0.2, 0.25) is 0 Å². The van der Waals surface area contributed by atoms with Gasteiger partial charge in [-0.15, -0.1) is 11.6 Å². The Hall–Kier alpha value is -7.69. The molecule has 0 aliphatic heterocycles. The lowest BCUT2D eigenvalue weighted by molar-refractivity contribution is -0.144. The molecule has 0 bridgehead atoms. The number of hydrogen-bond acceptors (Lipinski definition) is 8. The average molecular weight is 1470 g/mol. The van der Waals surface area contributed by atoms with E-state index in [9.17, 15) is 37.8 Å². The number of carbonyl (C=O) groups excluding carboxylic acids is 2. The number of rotatable bonds is 18. The third-order valence-electron chi connectivity index (χ3n) is 16.3. The van der Waals surface area contributed by atoms with Crippen molar-refractivity contribution < 1.29 is 56.7 Å². The number of phenolic OH excluding ortho intramolecular Hbond substituents is 1. The Balaban J connectivity index is 0.000000167. The molecule has 9 nitrogen and oxygen atoms in total. The first-order chi connectivity index (χ1) is 44.4. The van der Waals surface area contributed by atoms with Crippen LogP contribution in [0.1, 0.15) is 162 Å². The monoisotopic (exact) mass is 1470 g/mol. The van der Waals surface area contributed by atoms with Gasteiger partial charge in [-0.1, -0.05) is 146 Å². The first kappa shape index (κ1) is 71.2. The Morgan fingerprint density at radius 1 is 0.452 bits per heavy atom. The summed E-state index contributed by atoms with van der Waals surface area (Å²) in [6, 6.07) is 59.3. The summed E-state index contributed by atoms with van der Waals surface area (Å²) < 4.78 is 65.6. The number of esters is 2. The lowest BCUT2D eigenvalue weighted by Gasteiger charge is -2.19. The smallest absolute Gasteiger partial charge is 0.306 e. The lowest BCUT2D eigenvalue weighted by Crippen LogP contribution is -2.12. The molecule has 484 valence electrons. The first-order valence-electron chi connectivity index (χ1n) is 30.5. The predicted molar refractivity (Wildman–Crippen MR) is 370 cm³/mol. The number of phenols is 1. The lowest BCUT2D eigenvalue weighted by atomic mass is 9.88. The summed E-state index contributed by atoms with van der Waals surface area (Å²) >= 11 is 16.6. The van der Waals surface area contributed by atoms with Crippen molar-refractivity contribution in [2.45, 2.75) is 114 Å². The number of aryl methyl sites for hydroxylation is 3. The molecule has 2 N–H and O–H groups in total. The second-order valence-electron chi connectivity index (χ2n) is 22.5. The fraction of sp³-hybridized carbons (Fsp3) is 0.260. The highest BCUT2D eigenvalue weighted by atomic mass is 79.9. The van der Waals surface area contributed by atoms with Gasteiger partial charge in [-0.2, -0.15) is 0 Å². The Morgan fingerprint density at radius 3 is 1.10 bits per heavy atom. The van der Waals surface area contributed by atoms with Crippen LogP contribution in [-0.4, -0.2) is 41.3 Å². The van der Waals surface area contributed by atoms with Gasteiger partial charge in [-0.25, -0.2) is 13.2 Å². The number of halogens is 7. The van der Waals surface area contributed by atoms with E-state index in [1.54, 1.807) is 74.5 Å². The zero-order valence-electron chi connectivity index (χ0n) is 50.7. The van der Waals surface area contributed by atoms with Crippen molar-refractivity contribution in [2.75, 3.05) is 13.2 Å². The summed E-state index contributed by atoms with van der Waals surface area (Å²) in [5.41, 5.74) is 13.0. The zero-order chi connectivity index (χ0) is 65.3. The molecule has 6 atom stereocenters. The minimum atomic E-state index is -0.895. The number of hydrogen-bond donors (Lipinski definition) is 2. The van der Waals surface area contributed by atoms with Crippen molar-refractivity contribution in [1.82, 2.24) is 0 Å². The molecule has 0 heterocycles. The van der Waals surface area contributed by atoms with E-state index < -0.39 is 5.97 Å². The number of benzene rings is 9. The molecular weight excluding hydrogens is 1400 g/mol. The summed E-state index contributed by atoms with van der Waals surface area (Å²) in [5.74, 6) is -1.51. The molecule has 0 spiro atoms. The molecule has 0 saturated heterocycles. The van der Waals surface area contributed by atoms with Crippen LogP contribution in [0, 0.1) is 17.5 Å². The van der Waals surface area contributed by atoms with Gasteiger partial charge < -0.3 is 29.2 Å². The molecule has 93 heavy (non-hydrogen) atoms. The van der Waals surface area contributed by atoms with E-state index in [1.165, 1.54) is 69.8 Å². The highest BCUT2D eigenvalue weighted by Crippen LogP contribution is 2.41. The molecule has 9 aromatic carbocycles. The van der Waals surface area contributed by atoms with E-state index in [0.29, 0.717) is 13.2 Å². The number of ether oxygens (including phenoxy) is 4. The predicted octanol–water partition coefficient (Wildman–Crippen LogP) is 20.9.